The molecular weight excluding hydrogens is 259 g/mol. The molecule has 0 radical (unpaired) electrons. The summed E-state index contributed by atoms with van der Waals surface area (Å²) in [5.41, 5.74) is 1.54. The van der Waals surface area contributed by atoms with Gasteiger partial charge in [0.1, 0.15) is 16.9 Å². The van der Waals surface area contributed by atoms with Gasteiger partial charge in [-0.25, -0.2) is 9.97 Å². The maximum atomic E-state index is 6.11. The minimum absolute atomic E-state index is 0.286. The average Bonchev–Trinajstić information content (AvgIpc) is 2.30. The van der Waals surface area contributed by atoms with Crippen LogP contribution < -0.4 is 0 Å². The van der Waals surface area contributed by atoms with E-state index in [0.717, 1.165) is 5.56 Å². The highest BCUT2D eigenvalue weighted by molar-refractivity contribution is 6.37. The van der Waals surface area contributed by atoms with Crippen LogP contribution in [-0.2, 0) is 11.3 Å². The number of rotatable bonds is 3. The van der Waals surface area contributed by atoms with Gasteiger partial charge in [-0.15, -0.1) is 0 Å². The van der Waals surface area contributed by atoms with E-state index in [4.69, 9.17) is 27.9 Å². The van der Waals surface area contributed by atoms with Gasteiger partial charge in [-0.2, -0.15) is 0 Å². The molecule has 0 spiro atoms. The summed E-state index contributed by atoms with van der Waals surface area (Å²) in [6.07, 6.45) is 0. The SMILES string of the molecule is COCc1nc(Cl)c(-c2ccccc2)c(Cl)n1. The molecule has 17 heavy (non-hydrogen) atoms. The Kier molecular flexibility index (Phi) is 3.94. The zero-order chi connectivity index (χ0) is 12.3. The van der Waals surface area contributed by atoms with Gasteiger partial charge in [-0.05, 0) is 5.56 Å². The lowest BCUT2D eigenvalue weighted by molar-refractivity contribution is 0.178. The molecule has 0 atom stereocenters. The summed E-state index contributed by atoms with van der Waals surface area (Å²) < 4.78 is 4.94. The van der Waals surface area contributed by atoms with E-state index >= 15 is 0 Å². The molecule has 0 aliphatic rings. The van der Waals surface area contributed by atoms with Crippen LogP contribution in [0.4, 0.5) is 0 Å². The summed E-state index contributed by atoms with van der Waals surface area (Å²) in [4.78, 5) is 8.29. The van der Waals surface area contributed by atoms with Crippen LogP contribution in [0.15, 0.2) is 30.3 Å². The van der Waals surface area contributed by atoms with Gasteiger partial charge in [-0.1, -0.05) is 53.5 Å². The molecule has 0 fully saturated rings. The van der Waals surface area contributed by atoms with E-state index in [0.29, 0.717) is 21.7 Å². The Balaban J connectivity index is 2.49. The first-order chi connectivity index (χ1) is 8.22. The fourth-order valence-electron chi connectivity index (χ4n) is 1.49. The van der Waals surface area contributed by atoms with E-state index in [1.165, 1.54) is 0 Å². The highest BCUT2D eigenvalue weighted by Gasteiger charge is 2.13. The third kappa shape index (κ3) is 2.75. The predicted octanol–water partition coefficient (Wildman–Crippen LogP) is 3.60. The summed E-state index contributed by atoms with van der Waals surface area (Å²) in [7, 11) is 1.57. The largest absolute Gasteiger partial charge is 0.377 e. The van der Waals surface area contributed by atoms with E-state index in [-0.39, 0.29) is 6.61 Å². The lowest BCUT2D eigenvalue weighted by Crippen LogP contribution is -1.99. The van der Waals surface area contributed by atoms with Crippen molar-refractivity contribution in [1.82, 2.24) is 9.97 Å². The van der Waals surface area contributed by atoms with Crippen LogP contribution in [0.5, 0.6) is 0 Å². The van der Waals surface area contributed by atoms with Gasteiger partial charge in [0.2, 0.25) is 0 Å². The zero-order valence-corrected chi connectivity index (χ0v) is 10.7. The quantitative estimate of drug-likeness (QED) is 0.798. The molecular formula is C12H10Cl2N2O. The normalized spacial score (nSPS) is 10.5. The van der Waals surface area contributed by atoms with E-state index < -0.39 is 0 Å². The minimum Gasteiger partial charge on any atom is -0.377 e. The number of ether oxygens (including phenoxy) is 1. The second-order valence-electron chi connectivity index (χ2n) is 3.40. The van der Waals surface area contributed by atoms with Crippen molar-refractivity contribution in [2.75, 3.05) is 7.11 Å². The fourth-order valence-corrected chi connectivity index (χ4v) is 2.13. The Labute approximate surface area is 109 Å². The van der Waals surface area contributed by atoms with Crippen molar-refractivity contribution in [1.29, 1.82) is 0 Å². The first-order valence-electron chi connectivity index (χ1n) is 4.98. The topological polar surface area (TPSA) is 35.0 Å². The number of nitrogens with zero attached hydrogens (tertiary/aromatic N) is 2. The molecule has 1 aromatic heterocycles. The summed E-state index contributed by atoms with van der Waals surface area (Å²) in [6.45, 7) is 0.286. The van der Waals surface area contributed by atoms with Crippen molar-refractivity contribution >= 4 is 23.2 Å². The molecule has 88 valence electrons. The van der Waals surface area contributed by atoms with Crippen LogP contribution in [0.2, 0.25) is 10.3 Å². The summed E-state index contributed by atoms with van der Waals surface area (Å²) in [5.74, 6) is 0.474. The summed E-state index contributed by atoms with van der Waals surface area (Å²) in [6, 6.07) is 9.56. The van der Waals surface area contributed by atoms with Gasteiger partial charge < -0.3 is 4.74 Å². The predicted molar refractivity (Wildman–Crippen MR) is 68.2 cm³/mol. The maximum absolute atomic E-state index is 6.11. The highest BCUT2D eigenvalue weighted by atomic mass is 35.5. The van der Waals surface area contributed by atoms with Gasteiger partial charge in [0.15, 0.2) is 5.82 Å². The number of methoxy groups -OCH3 is 1. The van der Waals surface area contributed by atoms with Crippen LogP contribution in [0.1, 0.15) is 5.82 Å². The molecule has 5 heteroatoms. The molecule has 0 amide bonds. The van der Waals surface area contributed by atoms with Crippen molar-refractivity contribution in [3.8, 4) is 11.1 Å². The minimum atomic E-state index is 0.286. The molecule has 0 unspecified atom stereocenters. The molecule has 0 saturated carbocycles. The fraction of sp³-hybridized carbons (Fsp3) is 0.167. The van der Waals surface area contributed by atoms with Crippen molar-refractivity contribution in [2.24, 2.45) is 0 Å². The van der Waals surface area contributed by atoms with E-state index in [9.17, 15) is 0 Å². The number of hydrogen-bond donors (Lipinski definition) is 0. The van der Waals surface area contributed by atoms with Crippen molar-refractivity contribution in [3.05, 3.63) is 46.5 Å². The Morgan fingerprint density at radius 1 is 1.06 bits per heavy atom. The van der Waals surface area contributed by atoms with Crippen LogP contribution in [0.25, 0.3) is 11.1 Å². The van der Waals surface area contributed by atoms with Crippen LogP contribution in [0, 0.1) is 0 Å². The van der Waals surface area contributed by atoms with E-state index in [2.05, 4.69) is 9.97 Å². The van der Waals surface area contributed by atoms with Gasteiger partial charge >= 0.3 is 0 Å². The molecule has 2 rings (SSSR count). The van der Waals surface area contributed by atoms with Gasteiger partial charge in [-0.3, -0.25) is 0 Å². The second kappa shape index (κ2) is 5.45. The number of halogens is 2. The Bertz CT molecular complexity index is 494. The first kappa shape index (κ1) is 12.3. The molecule has 0 aliphatic carbocycles. The summed E-state index contributed by atoms with van der Waals surface area (Å²) >= 11 is 12.2. The number of aromatic nitrogens is 2. The molecule has 1 aromatic carbocycles. The van der Waals surface area contributed by atoms with E-state index in [1.54, 1.807) is 7.11 Å². The average molecular weight is 269 g/mol. The third-order valence-corrected chi connectivity index (χ3v) is 2.75. The Morgan fingerprint density at radius 2 is 1.65 bits per heavy atom. The standard InChI is InChI=1S/C12H10Cl2N2O/c1-17-7-9-15-11(13)10(12(14)16-9)8-5-3-2-4-6-8/h2-6H,7H2,1H3. The number of hydrogen-bond acceptors (Lipinski definition) is 3. The molecule has 0 bridgehead atoms. The lowest BCUT2D eigenvalue weighted by atomic mass is 10.1. The van der Waals surface area contributed by atoms with E-state index in [1.807, 2.05) is 30.3 Å². The van der Waals surface area contributed by atoms with Crippen LogP contribution in [0.3, 0.4) is 0 Å². The van der Waals surface area contributed by atoms with Crippen LogP contribution >= 0.6 is 23.2 Å². The summed E-state index contributed by atoms with van der Waals surface area (Å²) in [5, 5.41) is 0.673. The Hall–Kier alpha value is -1.16. The maximum Gasteiger partial charge on any atom is 0.157 e. The molecule has 0 saturated heterocycles. The van der Waals surface area contributed by atoms with Crippen molar-refractivity contribution < 1.29 is 4.74 Å². The molecule has 1 heterocycles. The molecule has 3 nitrogen and oxygen atoms in total. The zero-order valence-electron chi connectivity index (χ0n) is 9.15. The first-order valence-corrected chi connectivity index (χ1v) is 5.74. The Morgan fingerprint density at radius 3 is 2.18 bits per heavy atom. The van der Waals surface area contributed by atoms with Gasteiger partial charge in [0.05, 0.1) is 5.56 Å². The molecule has 0 N–H and O–H groups in total. The smallest absolute Gasteiger partial charge is 0.157 e. The molecule has 0 aliphatic heterocycles. The van der Waals surface area contributed by atoms with Crippen molar-refractivity contribution in [3.63, 3.8) is 0 Å². The van der Waals surface area contributed by atoms with Gasteiger partial charge in [0, 0.05) is 7.11 Å². The monoisotopic (exact) mass is 268 g/mol. The highest BCUT2D eigenvalue weighted by Crippen LogP contribution is 2.32. The molecule has 2 aromatic rings. The second-order valence-corrected chi connectivity index (χ2v) is 4.11. The number of benzene rings is 1. The van der Waals surface area contributed by atoms with Crippen LogP contribution in [-0.4, -0.2) is 17.1 Å². The van der Waals surface area contributed by atoms with Gasteiger partial charge in [0.25, 0.3) is 0 Å². The lowest BCUT2D eigenvalue weighted by Gasteiger charge is -2.07. The van der Waals surface area contributed by atoms with Crippen molar-refractivity contribution in [2.45, 2.75) is 6.61 Å². The third-order valence-electron chi connectivity index (χ3n) is 2.20.